The summed E-state index contributed by atoms with van der Waals surface area (Å²) in [6.07, 6.45) is 4.00. The minimum Gasteiger partial charge on any atom is -0.427 e. The molecule has 0 aromatic heterocycles. The van der Waals surface area contributed by atoms with Gasteiger partial charge in [0.05, 0.1) is 0 Å². The van der Waals surface area contributed by atoms with E-state index in [-0.39, 0.29) is 0 Å². The van der Waals surface area contributed by atoms with Crippen LogP contribution in [0.5, 0.6) is 0 Å². The van der Waals surface area contributed by atoms with E-state index in [1.807, 2.05) is 26.0 Å². The topological polar surface area (TPSA) is 40.5 Å². The number of hydrogen-bond acceptors (Lipinski definition) is 2. The highest BCUT2D eigenvalue weighted by atomic mass is 16.4. The van der Waals surface area contributed by atoms with Crippen LogP contribution in [-0.4, -0.2) is 17.2 Å². The molecule has 0 aliphatic carbocycles. The Morgan fingerprint density at radius 2 is 1.25 bits per heavy atom. The minimum atomic E-state index is -1.17. The lowest BCUT2D eigenvalue weighted by Gasteiger charge is -1.71. The SMILES string of the molecule is CB(O)O.CC=CC. The van der Waals surface area contributed by atoms with E-state index >= 15 is 0 Å². The molecular weight excluding hydrogens is 103 g/mol. The van der Waals surface area contributed by atoms with E-state index in [0.29, 0.717) is 0 Å². The summed E-state index contributed by atoms with van der Waals surface area (Å²) < 4.78 is 0. The van der Waals surface area contributed by atoms with Gasteiger partial charge in [0.25, 0.3) is 0 Å². The van der Waals surface area contributed by atoms with Gasteiger partial charge in [0.1, 0.15) is 0 Å². The van der Waals surface area contributed by atoms with Crippen molar-refractivity contribution in [2.45, 2.75) is 20.7 Å². The minimum absolute atomic E-state index is 1.17. The molecule has 0 saturated carbocycles. The largest absolute Gasteiger partial charge is 0.448 e. The van der Waals surface area contributed by atoms with Crippen molar-refractivity contribution >= 4 is 7.12 Å². The van der Waals surface area contributed by atoms with Crippen LogP contribution in [-0.2, 0) is 0 Å². The van der Waals surface area contributed by atoms with Crippen molar-refractivity contribution in [3.05, 3.63) is 12.2 Å². The first kappa shape index (κ1) is 10.7. The van der Waals surface area contributed by atoms with Crippen LogP contribution >= 0.6 is 0 Å². The molecule has 0 unspecified atom stereocenters. The van der Waals surface area contributed by atoms with Gasteiger partial charge in [0.2, 0.25) is 0 Å². The van der Waals surface area contributed by atoms with Crippen LogP contribution in [0.3, 0.4) is 0 Å². The van der Waals surface area contributed by atoms with Gasteiger partial charge in [-0.3, -0.25) is 0 Å². The predicted octanol–water partition coefficient (Wildman–Crippen LogP) is 0.671. The number of rotatable bonds is 0. The van der Waals surface area contributed by atoms with Crippen molar-refractivity contribution in [1.29, 1.82) is 0 Å². The Morgan fingerprint density at radius 3 is 1.25 bits per heavy atom. The maximum Gasteiger partial charge on any atom is 0.448 e. The van der Waals surface area contributed by atoms with E-state index in [4.69, 9.17) is 10.0 Å². The van der Waals surface area contributed by atoms with Crippen LogP contribution in [0.2, 0.25) is 6.82 Å². The van der Waals surface area contributed by atoms with Gasteiger partial charge in [-0.2, -0.15) is 0 Å². The molecule has 0 saturated heterocycles. The summed E-state index contributed by atoms with van der Waals surface area (Å²) in [6, 6.07) is 0. The maximum atomic E-state index is 7.61. The predicted molar refractivity (Wildman–Crippen MR) is 36.5 cm³/mol. The van der Waals surface area contributed by atoms with Gasteiger partial charge >= 0.3 is 7.12 Å². The number of allylic oxidation sites excluding steroid dienone is 2. The molecular formula is C5H13BO2. The average molecular weight is 116 g/mol. The van der Waals surface area contributed by atoms with E-state index in [1.54, 1.807) is 0 Å². The van der Waals surface area contributed by atoms with Gasteiger partial charge in [-0.1, -0.05) is 12.2 Å². The van der Waals surface area contributed by atoms with Gasteiger partial charge in [-0.05, 0) is 20.7 Å². The Morgan fingerprint density at radius 1 is 1.12 bits per heavy atom. The first-order valence-electron chi connectivity index (χ1n) is 2.58. The first-order valence-corrected chi connectivity index (χ1v) is 2.58. The molecule has 48 valence electrons. The fourth-order valence-corrected chi connectivity index (χ4v) is 0. The molecule has 0 heterocycles. The summed E-state index contributed by atoms with van der Waals surface area (Å²) in [6.45, 7) is 5.28. The van der Waals surface area contributed by atoms with Gasteiger partial charge in [0.15, 0.2) is 0 Å². The molecule has 0 aliphatic rings. The lowest BCUT2D eigenvalue weighted by atomic mass is 9.99. The molecule has 0 aromatic carbocycles. The molecule has 0 bridgehead atoms. The lowest BCUT2D eigenvalue weighted by molar-refractivity contribution is 0.417. The molecule has 0 atom stereocenters. The molecule has 0 spiro atoms. The average Bonchev–Trinajstić information content (AvgIpc) is 1.65. The van der Waals surface area contributed by atoms with Gasteiger partial charge in [-0.15, -0.1) is 0 Å². The summed E-state index contributed by atoms with van der Waals surface area (Å²) in [5.74, 6) is 0. The Hall–Kier alpha value is -0.275. The van der Waals surface area contributed by atoms with E-state index in [9.17, 15) is 0 Å². The zero-order valence-corrected chi connectivity index (χ0v) is 5.63. The fourth-order valence-electron chi connectivity index (χ4n) is 0. The van der Waals surface area contributed by atoms with Crippen LogP contribution < -0.4 is 0 Å². The second kappa shape index (κ2) is 9.87. The second-order valence-electron chi connectivity index (χ2n) is 1.30. The molecule has 0 aliphatic heterocycles. The quantitative estimate of drug-likeness (QED) is 0.360. The number of hydrogen-bond donors (Lipinski definition) is 2. The highest BCUT2D eigenvalue weighted by molar-refractivity contribution is 6.38. The van der Waals surface area contributed by atoms with Crippen LogP contribution in [0.25, 0.3) is 0 Å². The standard InChI is InChI=1S/C4H8.CH5BO2/c1-3-4-2;1-2(3)4/h3-4H,1-2H3;3-4H,1H3. The lowest BCUT2D eigenvalue weighted by Crippen LogP contribution is -2.00. The molecule has 2 N–H and O–H groups in total. The summed E-state index contributed by atoms with van der Waals surface area (Å²) in [4.78, 5) is 0. The monoisotopic (exact) mass is 116 g/mol. The molecule has 2 nitrogen and oxygen atoms in total. The van der Waals surface area contributed by atoms with Gasteiger partial charge < -0.3 is 10.0 Å². The van der Waals surface area contributed by atoms with Crippen molar-refractivity contribution in [2.75, 3.05) is 0 Å². The summed E-state index contributed by atoms with van der Waals surface area (Å²) in [7, 11) is -1.17. The Balaban J connectivity index is 0. The summed E-state index contributed by atoms with van der Waals surface area (Å²) in [5.41, 5.74) is 0. The second-order valence-corrected chi connectivity index (χ2v) is 1.30. The molecule has 0 amide bonds. The molecule has 0 radical (unpaired) electrons. The van der Waals surface area contributed by atoms with Crippen LogP contribution in [0, 0.1) is 0 Å². The van der Waals surface area contributed by atoms with Crippen molar-refractivity contribution in [3.63, 3.8) is 0 Å². The molecule has 0 aromatic rings. The molecule has 0 fully saturated rings. The van der Waals surface area contributed by atoms with Crippen molar-refractivity contribution in [1.82, 2.24) is 0 Å². The zero-order valence-electron chi connectivity index (χ0n) is 5.63. The Bertz CT molecular complexity index is 45.6. The van der Waals surface area contributed by atoms with Crippen molar-refractivity contribution in [2.24, 2.45) is 0 Å². The maximum absolute atomic E-state index is 7.61. The normalized spacial score (nSPS) is 8.12. The van der Waals surface area contributed by atoms with E-state index in [1.165, 1.54) is 6.82 Å². The Labute approximate surface area is 51.0 Å². The Kier molecular flexibility index (Phi) is 13.2. The highest BCUT2D eigenvalue weighted by Crippen LogP contribution is 1.57. The third-order valence-electron chi connectivity index (χ3n) is 0.333. The van der Waals surface area contributed by atoms with E-state index in [0.717, 1.165) is 0 Å². The first-order chi connectivity index (χ1) is 3.65. The van der Waals surface area contributed by atoms with Crippen molar-refractivity contribution in [3.8, 4) is 0 Å². The highest BCUT2D eigenvalue weighted by Gasteiger charge is 1.86. The third kappa shape index (κ3) is 243. The van der Waals surface area contributed by atoms with E-state index < -0.39 is 7.12 Å². The van der Waals surface area contributed by atoms with E-state index in [2.05, 4.69) is 0 Å². The third-order valence-corrected chi connectivity index (χ3v) is 0.333. The van der Waals surface area contributed by atoms with Gasteiger partial charge in [0, 0.05) is 0 Å². The fraction of sp³-hybridized carbons (Fsp3) is 0.600. The van der Waals surface area contributed by atoms with Crippen LogP contribution in [0.1, 0.15) is 13.8 Å². The zero-order chi connectivity index (χ0) is 6.99. The van der Waals surface area contributed by atoms with Crippen molar-refractivity contribution < 1.29 is 10.0 Å². The van der Waals surface area contributed by atoms with Crippen LogP contribution in [0.15, 0.2) is 12.2 Å². The summed E-state index contributed by atoms with van der Waals surface area (Å²) >= 11 is 0. The summed E-state index contributed by atoms with van der Waals surface area (Å²) in [5, 5.41) is 15.2. The van der Waals surface area contributed by atoms with Crippen LogP contribution in [0.4, 0.5) is 0 Å². The molecule has 0 rings (SSSR count). The molecule has 3 heteroatoms. The van der Waals surface area contributed by atoms with Gasteiger partial charge in [-0.25, -0.2) is 0 Å². The molecule has 8 heavy (non-hydrogen) atoms. The smallest absolute Gasteiger partial charge is 0.427 e.